The summed E-state index contributed by atoms with van der Waals surface area (Å²) < 4.78 is 44.4. The molecule has 4 aromatic rings. The molecule has 1 heterocycles. The number of hydrogen-bond acceptors (Lipinski definition) is 4. The highest BCUT2D eigenvalue weighted by molar-refractivity contribution is 9.10. The third-order valence-corrected chi connectivity index (χ3v) is 5.63. The second kappa shape index (κ2) is 9.80. The molecule has 0 saturated heterocycles. The van der Waals surface area contributed by atoms with E-state index in [0.717, 1.165) is 28.6 Å². The average Bonchev–Trinajstić information content (AvgIpc) is 2.78. The lowest BCUT2D eigenvalue weighted by Crippen LogP contribution is -2.05. The van der Waals surface area contributed by atoms with E-state index in [9.17, 15) is 13.2 Å². The van der Waals surface area contributed by atoms with Gasteiger partial charge >= 0.3 is 6.18 Å². The van der Waals surface area contributed by atoms with E-state index in [1.54, 1.807) is 12.1 Å². The topological polar surface area (TPSA) is 46.5 Å². The molecule has 0 bridgehead atoms. The van der Waals surface area contributed by atoms with Gasteiger partial charge in [-0.2, -0.15) is 18.3 Å². The van der Waals surface area contributed by atoms with E-state index >= 15 is 0 Å². The molecular formula is C24H16BrClF3N3O. The molecule has 0 saturated carbocycles. The number of nitrogens with zero attached hydrogens (tertiary/aromatic N) is 2. The van der Waals surface area contributed by atoms with Crippen LogP contribution in [0, 0.1) is 0 Å². The molecule has 0 aliphatic heterocycles. The molecule has 0 aliphatic carbocycles. The Morgan fingerprint density at radius 3 is 2.58 bits per heavy atom. The lowest BCUT2D eigenvalue weighted by Gasteiger charge is -2.12. The van der Waals surface area contributed by atoms with Gasteiger partial charge in [0.1, 0.15) is 12.4 Å². The minimum absolute atomic E-state index is 0.180. The first-order chi connectivity index (χ1) is 15.8. The number of ether oxygens (including phenoxy) is 1. The highest BCUT2D eigenvalue weighted by Gasteiger charge is 2.30. The molecule has 9 heteroatoms. The van der Waals surface area contributed by atoms with E-state index in [2.05, 4.69) is 31.4 Å². The standard InChI is InChI=1S/C24H16BrClF3N3O/c25-20-10-15(12-31-32-22-9-8-18(13-30-22)24(27,28)29)11-21(26)23(20)33-14-17-6-3-5-16-4-1-2-7-19(16)17/h1-13H,14H2,(H,30,32)/b31-12-. The summed E-state index contributed by atoms with van der Waals surface area (Å²) in [7, 11) is 0. The Morgan fingerprint density at radius 2 is 1.85 bits per heavy atom. The third kappa shape index (κ3) is 5.64. The van der Waals surface area contributed by atoms with Crippen molar-refractivity contribution in [2.45, 2.75) is 12.8 Å². The van der Waals surface area contributed by atoms with Crippen molar-refractivity contribution in [2.24, 2.45) is 5.10 Å². The molecule has 0 aliphatic rings. The van der Waals surface area contributed by atoms with E-state index in [4.69, 9.17) is 16.3 Å². The molecule has 0 unspecified atom stereocenters. The van der Waals surface area contributed by atoms with Crippen LogP contribution in [-0.4, -0.2) is 11.2 Å². The predicted octanol–water partition coefficient (Wildman–Crippen LogP) is 7.69. The van der Waals surface area contributed by atoms with Crippen molar-refractivity contribution >= 4 is 50.3 Å². The summed E-state index contributed by atoms with van der Waals surface area (Å²) in [6, 6.07) is 19.7. The van der Waals surface area contributed by atoms with Crippen molar-refractivity contribution in [2.75, 3.05) is 5.43 Å². The van der Waals surface area contributed by atoms with Crippen molar-refractivity contribution < 1.29 is 17.9 Å². The normalized spacial score (nSPS) is 11.8. The van der Waals surface area contributed by atoms with Gasteiger partial charge in [0, 0.05) is 6.20 Å². The number of aromatic nitrogens is 1. The first-order valence-electron chi connectivity index (χ1n) is 9.72. The molecule has 1 aromatic heterocycles. The first kappa shape index (κ1) is 23.1. The lowest BCUT2D eigenvalue weighted by molar-refractivity contribution is -0.137. The summed E-state index contributed by atoms with van der Waals surface area (Å²) in [4.78, 5) is 3.70. The minimum Gasteiger partial charge on any atom is -0.486 e. The van der Waals surface area contributed by atoms with Gasteiger partial charge in [-0.05, 0) is 62.1 Å². The number of halogens is 5. The molecule has 0 atom stereocenters. The molecule has 0 radical (unpaired) electrons. The highest BCUT2D eigenvalue weighted by atomic mass is 79.9. The first-order valence-corrected chi connectivity index (χ1v) is 10.9. The lowest BCUT2D eigenvalue weighted by atomic mass is 10.1. The van der Waals surface area contributed by atoms with Gasteiger partial charge < -0.3 is 4.74 Å². The molecular weight excluding hydrogens is 519 g/mol. The average molecular weight is 535 g/mol. The number of alkyl halides is 3. The molecule has 0 spiro atoms. The molecule has 1 N–H and O–H groups in total. The third-order valence-electron chi connectivity index (χ3n) is 4.76. The zero-order valence-electron chi connectivity index (χ0n) is 16.9. The van der Waals surface area contributed by atoms with Crippen LogP contribution in [0.4, 0.5) is 19.0 Å². The maximum Gasteiger partial charge on any atom is 0.417 e. The molecule has 3 aromatic carbocycles. The van der Waals surface area contributed by atoms with Gasteiger partial charge in [-0.25, -0.2) is 4.98 Å². The number of rotatable bonds is 6. The quantitative estimate of drug-likeness (QED) is 0.204. The van der Waals surface area contributed by atoms with E-state index in [0.29, 0.717) is 27.4 Å². The van der Waals surface area contributed by atoms with Crippen LogP contribution in [-0.2, 0) is 12.8 Å². The van der Waals surface area contributed by atoms with Crippen molar-refractivity contribution in [3.63, 3.8) is 0 Å². The van der Waals surface area contributed by atoms with Crippen LogP contribution in [0.15, 0.2) is 82.5 Å². The number of hydrazone groups is 1. The summed E-state index contributed by atoms with van der Waals surface area (Å²) in [5.74, 6) is 0.679. The van der Waals surface area contributed by atoms with E-state index in [-0.39, 0.29) is 5.82 Å². The Labute approximate surface area is 201 Å². The van der Waals surface area contributed by atoms with E-state index < -0.39 is 11.7 Å². The Bertz CT molecular complexity index is 1280. The zero-order chi connectivity index (χ0) is 23.4. The van der Waals surface area contributed by atoms with Crippen LogP contribution < -0.4 is 10.2 Å². The van der Waals surface area contributed by atoms with Crippen molar-refractivity contribution in [3.05, 3.63) is 99.1 Å². The minimum atomic E-state index is -4.44. The monoisotopic (exact) mass is 533 g/mol. The zero-order valence-corrected chi connectivity index (χ0v) is 19.2. The molecule has 4 rings (SSSR count). The van der Waals surface area contributed by atoms with E-state index in [1.807, 2.05) is 42.5 Å². The Hall–Kier alpha value is -3.10. The number of fused-ring (bicyclic) bond motifs is 1. The smallest absolute Gasteiger partial charge is 0.417 e. The molecule has 33 heavy (non-hydrogen) atoms. The van der Waals surface area contributed by atoms with Crippen LogP contribution in [0.3, 0.4) is 0 Å². The Kier molecular flexibility index (Phi) is 6.85. The van der Waals surface area contributed by atoms with Crippen LogP contribution in [0.25, 0.3) is 10.8 Å². The summed E-state index contributed by atoms with van der Waals surface area (Å²) >= 11 is 9.89. The van der Waals surface area contributed by atoms with Crippen molar-refractivity contribution in [3.8, 4) is 5.75 Å². The van der Waals surface area contributed by atoms with Crippen molar-refractivity contribution in [1.29, 1.82) is 0 Å². The fourth-order valence-electron chi connectivity index (χ4n) is 3.16. The maximum absolute atomic E-state index is 12.6. The maximum atomic E-state index is 12.6. The molecule has 168 valence electrons. The second-order valence-electron chi connectivity index (χ2n) is 7.04. The fourth-order valence-corrected chi connectivity index (χ4v) is 4.15. The van der Waals surface area contributed by atoms with Crippen LogP contribution in [0.5, 0.6) is 5.75 Å². The number of pyridine rings is 1. The van der Waals surface area contributed by atoms with Gasteiger partial charge in [0.2, 0.25) is 0 Å². The van der Waals surface area contributed by atoms with Gasteiger partial charge in [0.05, 0.1) is 21.3 Å². The van der Waals surface area contributed by atoms with Gasteiger partial charge in [0.25, 0.3) is 0 Å². The number of anilines is 1. The van der Waals surface area contributed by atoms with E-state index in [1.165, 1.54) is 12.3 Å². The number of hydrogen-bond donors (Lipinski definition) is 1. The number of benzene rings is 3. The predicted molar refractivity (Wildman–Crippen MR) is 128 cm³/mol. The Balaban J connectivity index is 1.43. The summed E-state index contributed by atoms with van der Waals surface area (Å²) in [6.07, 6.45) is -2.22. The van der Waals surface area contributed by atoms with Gasteiger partial charge in [-0.3, -0.25) is 5.43 Å². The largest absolute Gasteiger partial charge is 0.486 e. The molecule has 0 fully saturated rings. The second-order valence-corrected chi connectivity index (χ2v) is 8.30. The van der Waals surface area contributed by atoms with Gasteiger partial charge in [-0.15, -0.1) is 0 Å². The van der Waals surface area contributed by atoms with Crippen LogP contribution in [0.1, 0.15) is 16.7 Å². The Morgan fingerprint density at radius 1 is 1.06 bits per heavy atom. The summed E-state index contributed by atoms with van der Waals surface area (Å²) in [5, 5.41) is 6.63. The SMILES string of the molecule is FC(F)(F)c1ccc(N/N=C\c2cc(Cl)c(OCc3cccc4ccccc34)c(Br)c2)nc1. The molecule has 4 nitrogen and oxygen atoms in total. The van der Waals surface area contributed by atoms with Crippen LogP contribution in [0.2, 0.25) is 5.02 Å². The highest BCUT2D eigenvalue weighted by Crippen LogP contribution is 2.35. The fraction of sp³-hybridized carbons (Fsp3) is 0.0833. The van der Waals surface area contributed by atoms with Crippen LogP contribution >= 0.6 is 27.5 Å². The summed E-state index contributed by atoms with van der Waals surface area (Å²) in [5.41, 5.74) is 3.46. The molecule has 0 amide bonds. The number of nitrogens with one attached hydrogen (secondary N) is 1. The van der Waals surface area contributed by atoms with Crippen molar-refractivity contribution in [1.82, 2.24) is 4.98 Å². The van der Waals surface area contributed by atoms with Gasteiger partial charge in [-0.1, -0.05) is 54.1 Å². The van der Waals surface area contributed by atoms with Gasteiger partial charge in [0.15, 0.2) is 5.75 Å². The summed E-state index contributed by atoms with van der Waals surface area (Å²) in [6.45, 7) is 0.342.